The average molecular weight is 373 g/mol. The molecule has 0 aliphatic carbocycles. The number of nitrogens with one attached hydrogen (secondary N) is 1. The first-order chi connectivity index (χ1) is 13.1. The van der Waals surface area contributed by atoms with Gasteiger partial charge < -0.3 is 19.9 Å². The molecule has 0 bridgehead atoms. The van der Waals surface area contributed by atoms with Crippen molar-refractivity contribution in [3.05, 3.63) is 29.8 Å². The molecule has 0 saturated carbocycles. The molecule has 0 unspecified atom stereocenters. The van der Waals surface area contributed by atoms with E-state index in [0.717, 1.165) is 51.7 Å². The molecule has 0 radical (unpaired) electrons. The number of esters is 1. The highest BCUT2D eigenvalue weighted by Crippen LogP contribution is 2.22. The monoisotopic (exact) mass is 373 g/mol. The molecule has 2 aliphatic rings. The van der Waals surface area contributed by atoms with E-state index < -0.39 is 5.97 Å². The van der Waals surface area contributed by atoms with Gasteiger partial charge in [0.25, 0.3) is 0 Å². The molecule has 1 N–H and O–H groups in total. The fraction of sp³-hybridized carbons (Fsp3) is 0.550. The first-order valence-corrected chi connectivity index (χ1v) is 9.62. The van der Waals surface area contributed by atoms with Crippen molar-refractivity contribution in [2.75, 3.05) is 32.1 Å². The molecular formula is C20H27N3O4. The lowest BCUT2D eigenvalue weighted by atomic mass is 9.99. The maximum atomic E-state index is 12.8. The van der Waals surface area contributed by atoms with Crippen LogP contribution in [0.15, 0.2) is 24.3 Å². The van der Waals surface area contributed by atoms with Gasteiger partial charge in [-0.15, -0.1) is 0 Å². The lowest BCUT2D eigenvalue weighted by Gasteiger charge is -2.36. The molecule has 7 heteroatoms. The van der Waals surface area contributed by atoms with E-state index in [-0.39, 0.29) is 18.0 Å². The second-order valence-electron chi connectivity index (χ2n) is 7.12. The van der Waals surface area contributed by atoms with E-state index in [1.807, 2.05) is 9.80 Å². The van der Waals surface area contributed by atoms with Gasteiger partial charge >= 0.3 is 12.0 Å². The van der Waals surface area contributed by atoms with Gasteiger partial charge in [0, 0.05) is 37.8 Å². The molecule has 27 heavy (non-hydrogen) atoms. The zero-order chi connectivity index (χ0) is 19.2. The van der Waals surface area contributed by atoms with E-state index in [1.54, 1.807) is 24.3 Å². The van der Waals surface area contributed by atoms with Gasteiger partial charge in [-0.1, -0.05) is 0 Å². The topological polar surface area (TPSA) is 79.0 Å². The summed E-state index contributed by atoms with van der Waals surface area (Å²) in [6, 6.07) is 6.69. The van der Waals surface area contributed by atoms with Gasteiger partial charge in [-0.05, 0) is 56.4 Å². The number of rotatable bonds is 5. The van der Waals surface area contributed by atoms with Crippen molar-refractivity contribution in [3.63, 3.8) is 0 Å². The molecule has 0 spiro atoms. The highest BCUT2D eigenvalue weighted by molar-refractivity contribution is 5.92. The van der Waals surface area contributed by atoms with Crippen molar-refractivity contribution < 1.29 is 19.1 Å². The van der Waals surface area contributed by atoms with Crippen LogP contribution in [0.4, 0.5) is 10.5 Å². The summed E-state index contributed by atoms with van der Waals surface area (Å²) in [5.74, 6) is -0.173. The summed E-state index contributed by atoms with van der Waals surface area (Å²) in [6.45, 7) is 2.29. The number of benzene rings is 1. The van der Waals surface area contributed by atoms with E-state index in [0.29, 0.717) is 17.7 Å². The number of amides is 3. The summed E-state index contributed by atoms with van der Waals surface area (Å²) < 4.78 is 4.68. The Kier molecular flexibility index (Phi) is 6.32. The van der Waals surface area contributed by atoms with Crippen LogP contribution in [0, 0.1) is 0 Å². The van der Waals surface area contributed by atoms with E-state index in [2.05, 4.69) is 10.1 Å². The Bertz CT molecular complexity index is 689. The van der Waals surface area contributed by atoms with Crippen LogP contribution < -0.4 is 5.32 Å². The van der Waals surface area contributed by atoms with Crippen molar-refractivity contribution >= 4 is 23.6 Å². The molecule has 1 aromatic carbocycles. The zero-order valence-corrected chi connectivity index (χ0v) is 15.8. The number of carbonyl (C=O) groups excluding carboxylic acids is 3. The Morgan fingerprint density at radius 2 is 1.93 bits per heavy atom. The Morgan fingerprint density at radius 3 is 2.59 bits per heavy atom. The molecule has 7 nitrogen and oxygen atoms in total. The fourth-order valence-corrected chi connectivity index (χ4v) is 3.82. The van der Waals surface area contributed by atoms with E-state index in [4.69, 9.17) is 0 Å². The van der Waals surface area contributed by atoms with Crippen LogP contribution in [-0.2, 0) is 9.53 Å². The maximum absolute atomic E-state index is 12.8. The third-order valence-corrected chi connectivity index (χ3v) is 5.35. The lowest BCUT2D eigenvalue weighted by molar-refractivity contribution is -0.127. The third-order valence-electron chi connectivity index (χ3n) is 5.35. The molecule has 2 fully saturated rings. The number of likely N-dealkylation sites (tertiary alicyclic amines) is 2. The normalized spacial score (nSPS) is 19.9. The SMILES string of the molecule is COC(=O)c1ccc(NC(=O)N2CCCC[C@H]2CCN2CCCC2=O)cc1. The predicted molar refractivity (Wildman–Crippen MR) is 102 cm³/mol. The highest BCUT2D eigenvalue weighted by Gasteiger charge is 2.28. The summed E-state index contributed by atoms with van der Waals surface area (Å²) in [7, 11) is 1.34. The van der Waals surface area contributed by atoms with E-state index in [9.17, 15) is 14.4 Å². The minimum Gasteiger partial charge on any atom is -0.465 e. The number of hydrogen-bond acceptors (Lipinski definition) is 4. The highest BCUT2D eigenvalue weighted by atomic mass is 16.5. The van der Waals surface area contributed by atoms with Crippen molar-refractivity contribution in [1.82, 2.24) is 9.80 Å². The number of hydrogen-bond donors (Lipinski definition) is 1. The molecular weight excluding hydrogens is 346 g/mol. The number of anilines is 1. The van der Waals surface area contributed by atoms with Gasteiger partial charge in [0.15, 0.2) is 0 Å². The zero-order valence-electron chi connectivity index (χ0n) is 15.8. The Hall–Kier alpha value is -2.57. The predicted octanol–water partition coefficient (Wildman–Crippen LogP) is 2.87. The van der Waals surface area contributed by atoms with Crippen molar-refractivity contribution in [2.24, 2.45) is 0 Å². The molecule has 3 rings (SSSR count). The first-order valence-electron chi connectivity index (χ1n) is 9.62. The van der Waals surface area contributed by atoms with Gasteiger partial charge in [0.1, 0.15) is 0 Å². The molecule has 2 heterocycles. The van der Waals surface area contributed by atoms with Gasteiger partial charge in [-0.2, -0.15) is 0 Å². The largest absolute Gasteiger partial charge is 0.465 e. The van der Waals surface area contributed by atoms with Gasteiger partial charge in [0.2, 0.25) is 5.91 Å². The molecule has 3 amide bonds. The van der Waals surface area contributed by atoms with Crippen LogP contribution in [0.25, 0.3) is 0 Å². The Labute approximate surface area is 159 Å². The number of nitrogens with zero attached hydrogens (tertiary/aromatic N) is 2. The minimum absolute atomic E-state index is 0.127. The molecule has 1 aromatic rings. The van der Waals surface area contributed by atoms with Gasteiger partial charge in [-0.3, -0.25) is 4.79 Å². The van der Waals surface area contributed by atoms with E-state index in [1.165, 1.54) is 7.11 Å². The lowest BCUT2D eigenvalue weighted by Crippen LogP contribution is -2.47. The quantitative estimate of drug-likeness (QED) is 0.805. The molecule has 2 aliphatic heterocycles. The third kappa shape index (κ3) is 4.78. The van der Waals surface area contributed by atoms with Crippen molar-refractivity contribution in [1.29, 1.82) is 0 Å². The number of methoxy groups -OCH3 is 1. The number of ether oxygens (including phenoxy) is 1. The average Bonchev–Trinajstić information content (AvgIpc) is 3.11. The molecule has 146 valence electrons. The van der Waals surface area contributed by atoms with Crippen LogP contribution in [0.2, 0.25) is 0 Å². The van der Waals surface area contributed by atoms with E-state index >= 15 is 0 Å². The molecule has 0 aromatic heterocycles. The molecule has 2 saturated heterocycles. The summed E-state index contributed by atoms with van der Waals surface area (Å²) in [6.07, 6.45) is 5.48. The smallest absolute Gasteiger partial charge is 0.337 e. The van der Waals surface area contributed by atoms with Crippen LogP contribution in [0.1, 0.15) is 48.9 Å². The van der Waals surface area contributed by atoms with Crippen LogP contribution in [-0.4, -0.2) is 60.5 Å². The maximum Gasteiger partial charge on any atom is 0.337 e. The number of carbonyl (C=O) groups is 3. The standard InChI is InChI=1S/C20H27N3O4/c1-27-19(25)15-7-9-16(10-8-15)21-20(26)23-13-3-2-5-17(23)11-14-22-12-4-6-18(22)24/h7-10,17H,2-6,11-14H2,1H3,(H,21,26)/t17-/m0/s1. The van der Waals surface area contributed by atoms with Crippen LogP contribution in [0.5, 0.6) is 0 Å². The van der Waals surface area contributed by atoms with Gasteiger partial charge in [-0.25, -0.2) is 9.59 Å². The number of urea groups is 1. The first kappa shape index (κ1) is 19.2. The Morgan fingerprint density at radius 1 is 1.15 bits per heavy atom. The fourth-order valence-electron chi connectivity index (χ4n) is 3.82. The Balaban J connectivity index is 1.57. The minimum atomic E-state index is -0.402. The van der Waals surface area contributed by atoms with Crippen LogP contribution >= 0.6 is 0 Å². The second-order valence-corrected chi connectivity index (χ2v) is 7.12. The van der Waals surface area contributed by atoms with Gasteiger partial charge in [0.05, 0.1) is 12.7 Å². The van der Waals surface area contributed by atoms with Crippen molar-refractivity contribution in [3.8, 4) is 0 Å². The summed E-state index contributed by atoms with van der Waals surface area (Å²) in [5.41, 5.74) is 1.09. The number of piperidine rings is 1. The molecule has 1 atom stereocenters. The summed E-state index contributed by atoms with van der Waals surface area (Å²) in [5, 5.41) is 2.92. The van der Waals surface area contributed by atoms with Crippen molar-refractivity contribution in [2.45, 2.75) is 44.6 Å². The summed E-state index contributed by atoms with van der Waals surface area (Å²) in [4.78, 5) is 39.9. The second kappa shape index (κ2) is 8.88. The van der Waals surface area contributed by atoms with Crippen LogP contribution in [0.3, 0.4) is 0 Å². The summed E-state index contributed by atoms with van der Waals surface area (Å²) >= 11 is 0.